The fourth-order valence-electron chi connectivity index (χ4n) is 2.75. The van der Waals surface area contributed by atoms with Crippen LogP contribution < -0.4 is 0 Å². The lowest BCUT2D eigenvalue weighted by Gasteiger charge is -2.26. The standard InChI is InChI=1S/C17H25NOS/c1-12(18-10-13(11-20)9-16(18)19)14-5-7-15(8-6-14)17(2,3)4/h5-8,12-13,20H,9-11H2,1-4H3. The zero-order chi connectivity index (χ0) is 14.9. The van der Waals surface area contributed by atoms with Crippen molar-refractivity contribution in [2.75, 3.05) is 12.3 Å². The first-order valence-electron chi connectivity index (χ1n) is 7.33. The molecule has 1 aliphatic heterocycles. The molecule has 2 atom stereocenters. The number of rotatable bonds is 3. The molecular formula is C17H25NOS. The Balaban J connectivity index is 2.14. The Bertz CT molecular complexity index is 475. The average Bonchev–Trinajstić information content (AvgIpc) is 2.78. The fraction of sp³-hybridized carbons (Fsp3) is 0.588. The van der Waals surface area contributed by atoms with Crippen LogP contribution in [0.15, 0.2) is 24.3 Å². The molecule has 0 aromatic heterocycles. The smallest absolute Gasteiger partial charge is 0.223 e. The van der Waals surface area contributed by atoms with E-state index in [4.69, 9.17) is 0 Å². The van der Waals surface area contributed by atoms with Crippen molar-refractivity contribution >= 4 is 18.5 Å². The topological polar surface area (TPSA) is 20.3 Å². The predicted octanol–water partition coefficient (Wildman–Crippen LogP) is 3.82. The van der Waals surface area contributed by atoms with Gasteiger partial charge in [0.2, 0.25) is 5.91 Å². The molecule has 110 valence electrons. The van der Waals surface area contributed by atoms with Gasteiger partial charge in [0.05, 0.1) is 6.04 Å². The van der Waals surface area contributed by atoms with Gasteiger partial charge in [-0.2, -0.15) is 12.6 Å². The average molecular weight is 291 g/mol. The third-order valence-electron chi connectivity index (χ3n) is 4.22. The van der Waals surface area contributed by atoms with E-state index in [1.165, 1.54) is 11.1 Å². The Kier molecular flexibility index (Phi) is 4.48. The number of carbonyl (C=O) groups excluding carboxylic acids is 1. The lowest BCUT2D eigenvalue weighted by molar-refractivity contribution is -0.129. The monoisotopic (exact) mass is 291 g/mol. The normalized spacial score (nSPS) is 21.4. The van der Waals surface area contributed by atoms with Crippen molar-refractivity contribution in [2.24, 2.45) is 5.92 Å². The van der Waals surface area contributed by atoms with Crippen LogP contribution in [0.3, 0.4) is 0 Å². The second-order valence-corrected chi connectivity index (χ2v) is 7.21. The molecule has 1 saturated heterocycles. The van der Waals surface area contributed by atoms with Crippen LogP contribution in [-0.4, -0.2) is 23.1 Å². The highest BCUT2D eigenvalue weighted by Crippen LogP contribution is 2.30. The number of hydrogen-bond donors (Lipinski definition) is 1. The molecule has 20 heavy (non-hydrogen) atoms. The van der Waals surface area contributed by atoms with Crippen LogP contribution in [0, 0.1) is 5.92 Å². The highest BCUT2D eigenvalue weighted by molar-refractivity contribution is 7.80. The van der Waals surface area contributed by atoms with Gasteiger partial charge in [-0.05, 0) is 35.1 Å². The maximum atomic E-state index is 12.1. The molecule has 0 aliphatic carbocycles. The fourth-order valence-corrected chi connectivity index (χ4v) is 2.99. The highest BCUT2D eigenvalue weighted by Gasteiger charge is 2.32. The van der Waals surface area contributed by atoms with Gasteiger partial charge < -0.3 is 4.90 Å². The van der Waals surface area contributed by atoms with E-state index in [1.54, 1.807) is 0 Å². The van der Waals surface area contributed by atoms with E-state index in [0.717, 1.165) is 12.3 Å². The lowest BCUT2D eigenvalue weighted by atomic mass is 9.86. The molecule has 1 heterocycles. The summed E-state index contributed by atoms with van der Waals surface area (Å²) in [4.78, 5) is 14.1. The third kappa shape index (κ3) is 3.20. The quantitative estimate of drug-likeness (QED) is 0.839. The Morgan fingerprint density at radius 2 is 1.90 bits per heavy atom. The second kappa shape index (κ2) is 5.80. The first-order valence-corrected chi connectivity index (χ1v) is 7.97. The van der Waals surface area contributed by atoms with Gasteiger partial charge in [0, 0.05) is 13.0 Å². The number of hydrogen-bond acceptors (Lipinski definition) is 2. The molecule has 1 aromatic carbocycles. The first-order chi connectivity index (χ1) is 9.32. The summed E-state index contributed by atoms with van der Waals surface area (Å²) in [5.41, 5.74) is 2.71. The Hall–Kier alpha value is -0.960. The zero-order valence-electron chi connectivity index (χ0n) is 12.9. The van der Waals surface area contributed by atoms with E-state index < -0.39 is 0 Å². The van der Waals surface area contributed by atoms with Gasteiger partial charge in [0.1, 0.15) is 0 Å². The van der Waals surface area contributed by atoms with Crippen molar-refractivity contribution in [1.82, 2.24) is 4.90 Å². The Morgan fingerprint density at radius 3 is 2.35 bits per heavy atom. The number of likely N-dealkylation sites (tertiary alicyclic amines) is 1. The van der Waals surface area contributed by atoms with Crippen LogP contribution in [0.5, 0.6) is 0 Å². The molecule has 0 spiro atoms. The van der Waals surface area contributed by atoms with Crippen molar-refractivity contribution in [3.8, 4) is 0 Å². The van der Waals surface area contributed by atoms with Crippen LogP contribution in [-0.2, 0) is 10.2 Å². The third-order valence-corrected chi connectivity index (χ3v) is 4.74. The maximum absolute atomic E-state index is 12.1. The Morgan fingerprint density at radius 1 is 1.30 bits per heavy atom. The summed E-state index contributed by atoms with van der Waals surface area (Å²) in [6, 6.07) is 8.84. The van der Waals surface area contributed by atoms with Crippen LogP contribution >= 0.6 is 12.6 Å². The number of nitrogens with zero attached hydrogens (tertiary/aromatic N) is 1. The van der Waals surface area contributed by atoms with Crippen molar-refractivity contribution in [3.05, 3.63) is 35.4 Å². The van der Waals surface area contributed by atoms with Crippen LogP contribution in [0.2, 0.25) is 0 Å². The molecule has 0 N–H and O–H groups in total. The van der Waals surface area contributed by atoms with E-state index in [-0.39, 0.29) is 17.4 Å². The second-order valence-electron chi connectivity index (χ2n) is 6.85. The Labute approximate surface area is 128 Å². The van der Waals surface area contributed by atoms with Crippen molar-refractivity contribution in [2.45, 2.75) is 45.6 Å². The van der Waals surface area contributed by atoms with Gasteiger partial charge in [-0.1, -0.05) is 45.0 Å². The van der Waals surface area contributed by atoms with E-state index in [9.17, 15) is 4.79 Å². The van der Waals surface area contributed by atoms with Gasteiger partial charge in [0.25, 0.3) is 0 Å². The summed E-state index contributed by atoms with van der Waals surface area (Å²) in [7, 11) is 0. The van der Waals surface area contributed by atoms with Gasteiger partial charge in [-0.3, -0.25) is 4.79 Å². The molecule has 0 radical (unpaired) electrons. The van der Waals surface area contributed by atoms with Crippen molar-refractivity contribution < 1.29 is 4.79 Å². The summed E-state index contributed by atoms with van der Waals surface area (Å²) in [5, 5.41) is 0. The highest BCUT2D eigenvalue weighted by atomic mass is 32.1. The molecule has 2 rings (SSSR count). The van der Waals surface area contributed by atoms with E-state index in [0.29, 0.717) is 12.3 Å². The molecule has 0 saturated carbocycles. The van der Waals surface area contributed by atoms with Gasteiger partial charge in [-0.15, -0.1) is 0 Å². The largest absolute Gasteiger partial charge is 0.336 e. The van der Waals surface area contributed by atoms with Crippen LogP contribution in [0.4, 0.5) is 0 Å². The van der Waals surface area contributed by atoms with Crippen LogP contribution in [0.25, 0.3) is 0 Å². The summed E-state index contributed by atoms with van der Waals surface area (Å²) in [6.07, 6.45) is 0.647. The number of carbonyl (C=O) groups is 1. The minimum atomic E-state index is 0.154. The molecule has 0 bridgehead atoms. The lowest BCUT2D eigenvalue weighted by Crippen LogP contribution is -2.28. The molecular weight excluding hydrogens is 266 g/mol. The summed E-state index contributed by atoms with van der Waals surface area (Å²) in [5.74, 6) is 1.45. The minimum absolute atomic E-state index is 0.154. The first kappa shape index (κ1) is 15.4. The van der Waals surface area contributed by atoms with Crippen molar-refractivity contribution in [1.29, 1.82) is 0 Å². The van der Waals surface area contributed by atoms with E-state index in [2.05, 4.69) is 64.6 Å². The summed E-state index contributed by atoms with van der Waals surface area (Å²) < 4.78 is 0. The summed E-state index contributed by atoms with van der Waals surface area (Å²) in [6.45, 7) is 9.60. The van der Waals surface area contributed by atoms with E-state index in [1.807, 2.05) is 4.90 Å². The van der Waals surface area contributed by atoms with Crippen molar-refractivity contribution in [3.63, 3.8) is 0 Å². The molecule has 2 nitrogen and oxygen atoms in total. The SMILES string of the molecule is CC(c1ccc(C(C)(C)C)cc1)N1CC(CS)CC1=O. The molecule has 1 aliphatic rings. The predicted molar refractivity (Wildman–Crippen MR) is 87.2 cm³/mol. The number of thiol groups is 1. The van der Waals surface area contributed by atoms with Crippen LogP contribution in [0.1, 0.15) is 51.3 Å². The number of benzene rings is 1. The maximum Gasteiger partial charge on any atom is 0.223 e. The minimum Gasteiger partial charge on any atom is -0.336 e. The number of amides is 1. The molecule has 3 heteroatoms. The molecule has 1 amide bonds. The molecule has 1 aromatic rings. The zero-order valence-corrected chi connectivity index (χ0v) is 13.8. The van der Waals surface area contributed by atoms with Gasteiger partial charge in [-0.25, -0.2) is 0 Å². The summed E-state index contributed by atoms with van der Waals surface area (Å²) >= 11 is 4.32. The molecule has 2 unspecified atom stereocenters. The van der Waals surface area contributed by atoms with Gasteiger partial charge >= 0.3 is 0 Å². The van der Waals surface area contributed by atoms with Gasteiger partial charge in [0.15, 0.2) is 0 Å². The molecule has 1 fully saturated rings. The van der Waals surface area contributed by atoms with E-state index >= 15 is 0 Å².